The van der Waals surface area contributed by atoms with Crippen molar-refractivity contribution in [2.45, 2.75) is 0 Å². The lowest BCUT2D eigenvalue weighted by Crippen LogP contribution is -2.20. The molecule has 0 aromatic carbocycles. The Hall–Kier alpha value is -1.63. The molecular weight excluding hydrogens is 130 g/mol. The Morgan fingerprint density at radius 1 is 1.80 bits per heavy atom. The molecule has 0 radical (unpaired) electrons. The van der Waals surface area contributed by atoms with Crippen molar-refractivity contribution in [1.29, 1.82) is 5.26 Å². The van der Waals surface area contributed by atoms with Gasteiger partial charge in [-0.25, -0.2) is 4.68 Å². The molecule has 0 spiro atoms. The van der Waals surface area contributed by atoms with Crippen molar-refractivity contribution in [3.05, 3.63) is 28.2 Å². The average Bonchev–Trinajstić information content (AvgIpc) is 1.95. The van der Waals surface area contributed by atoms with Gasteiger partial charge >= 0.3 is 0 Å². The molecule has 0 aliphatic heterocycles. The molecule has 0 bridgehead atoms. The summed E-state index contributed by atoms with van der Waals surface area (Å²) in [5.74, 6) is 0. The summed E-state index contributed by atoms with van der Waals surface area (Å²) in [6.45, 7) is 0. The van der Waals surface area contributed by atoms with Gasteiger partial charge in [-0.3, -0.25) is 4.79 Å². The second-order valence-electron chi connectivity index (χ2n) is 1.79. The molecule has 10 heavy (non-hydrogen) atoms. The molecule has 0 unspecified atom stereocenters. The van der Waals surface area contributed by atoms with Crippen molar-refractivity contribution in [2.24, 2.45) is 7.05 Å². The number of rotatable bonds is 0. The highest BCUT2D eigenvalue weighted by atomic mass is 16.1. The highest BCUT2D eigenvalue weighted by Crippen LogP contribution is 1.82. The summed E-state index contributed by atoms with van der Waals surface area (Å²) < 4.78 is 1.12. The molecule has 0 saturated carbocycles. The van der Waals surface area contributed by atoms with Gasteiger partial charge in [-0.2, -0.15) is 10.4 Å². The Kier molecular flexibility index (Phi) is 1.50. The van der Waals surface area contributed by atoms with E-state index in [4.69, 9.17) is 5.26 Å². The molecule has 0 aliphatic rings. The Balaban J connectivity index is 3.47. The van der Waals surface area contributed by atoms with E-state index < -0.39 is 0 Å². The van der Waals surface area contributed by atoms with Crippen LogP contribution in [0.1, 0.15) is 5.56 Å². The molecule has 0 atom stereocenters. The van der Waals surface area contributed by atoms with E-state index in [1.165, 1.54) is 19.3 Å². The maximum Gasteiger partial charge on any atom is 0.284 e. The van der Waals surface area contributed by atoms with Crippen molar-refractivity contribution < 1.29 is 0 Å². The number of nitrogens with zero attached hydrogens (tertiary/aromatic N) is 3. The van der Waals surface area contributed by atoms with Crippen LogP contribution in [0, 0.1) is 11.3 Å². The normalized spacial score (nSPS) is 8.80. The molecular formula is C6H5N3O. The summed E-state index contributed by atoms with van der Waals surface area (Å²) in [4.78, 5) is 10.9. The minimum absolute atomic E-state index is 0.123. The molecule has 0 aliphatic carbocycles. The van der Waals surface area contributed by atoms with Gasteiger partial charge in [-0.1, -0.05) is 0 Å². The zero-order valence-corrected chi connectivity index (χ0v) is 5.40. The molecule has 0 fully saturated rings. The van der Waals surface area contributed by atoms with Gasteiger partial charge in [0.25, 0.3) is 5.56 Å². The van der Waals surface area contributed by atoms with Gasteiger partial charge in [0.05, 0.1) is 0 Å². The molecule has 0 amide bonds. The van der Waals surface area contributed by atoms with Crippen molar-refractivity contribution in [1.82, 2.24) is 9.78 Å². The van der Waals surface area contributed by atoms with Crippen molar-refractivity contribution in [3.8, 4) is 6.07 Å². The van der Waals surface area contributed by atoms with Crippen LogP contribution in [0.25, 0.3) is 0 Å². The Morgan fingerprint density at radius 2 is 2.50 bits per heavy atom. The van der Waals surface area contributed by atoms with Crippen LogP contribution in [0.3, 0.4) is 0 Å². The lowest BCUT2D eigenvalue weighted by Gasteiger charge is -1.91. The molecule has 0 N–H and O–H groups in total. The molecule has 4 nitrogen and oxygen atoms in total. The van der Waals surface area contributed by atoms with Crippen LogP contribution in [0.5, 0.6) is 0 Å². The van der Waals surface area contributed by atoms with Gasteiger partial charge in [-0.15, -0.1) is 0 Å². The molecule has 0 saturated heterocycles. The average molecular weight is 135 g/mol. The van der Waals surface area contributed by atoms with Crippen LogP contribution < -0.4 is 5.56 Å². The Morgan fingerprint density at radius 3 is 3.00 bits per heavy atom. The zero-order valence-electron chi connectivity index (χ0n) is 5.40. The second kappa shape index (κ2) is 2.31. The summed E-state index contributed by atoms with van der Waals surface area (Å²) >= 11 is 0. The van der Waals surface area contributed by atoms with Gasteiger partial charge in [0.1, 0.15) is 11.6 Å². The Bertz CT molecular complexity index is 334. The smallest absolute Gasteiger partial charge is 0.266 e. The number of hydrogen-bond acceptors (Lipinski definition) is 3. The van der Waals surface area contributed by atoms with E-state index in [0.29, 0.717) is 0 Å². The predicted octanol–water partition coefficient (Wildman–Crippen LogP) is -0.348. The van der Waals surface area contributed by atoms with Crippen LogP contribution in [-0.2, 0) is 7.05 Å². The minimum atomic E-state index is -0.356. The number of nitriles is 1. The summed E-state index contributed by atoms with van der Waals surface area (Å²) in [6, 6.07) is 3.15. The summed E-state index contributed by atoms with van der Waals surface area (Å²) in [5, 5.41) is 12.0. The van der Waals surface area contributed by atoms with E-state index in [1.807, 2.05) is 0 Å². The van der Waals surface area contributed by atoms with E-state index in [9.17, 15) is 4.79 Å². The van der Waals surface area contributed by atoms with Gasteiger partial charge < -0.3 is 0 Å². The topological polar surface area (TPSA) is 58.7 Å². The van der Waals surface area contributed by atoms with Crippen LogP contribution in [0.2, 0.25) is 0 Å². The first-order valence-electron chi connectivity index (χ1n) is 2.68. The first-order valence-corrected chi connectivity index (χ1v) is 2.68. The highest BCUT2D eigenvalue weighted by molar-refractivity contribution is 5.22. The van der Waals surface area contributed by atoms with E-state index >= 15 is 0 Å². The Labute approximate surface area is 57.3 Å². The van der Waals surface area contributed by atoms with E-state index in [0.717, 1.165) is 4.68 Å². The molecule has 4 heteroatoms. The van der Waals surface area contributed by atoms with Crippen molar-refractivity contribution >= 4 is 0 Å². The molecule has 50 valence electrons. The fourth-order valence-electron chi connectivity index (χ4n) is 0.591. The number of hydrogen-bond donors (Lipinski definition) is 0. The number of aromatic nitrogens is 2. The lowest BCUT2D eigenvalue weighted by atomic mass is 10.3. The molecule has 1 aromatic heterocycles. The first-order chi connectivity index (χ1) is 4.75. The largest absolute Gasteiger partial charge is 0.284 e. The third kappa shape index (κ3) is 0.890. The van der Waals surface area contributed by atoms with Gasteiger partial charge in [0.15, 0.2) is 0 Å². The standard InChI is InChI=1S/C6H5N3O/c1-9-6(10)5(4-7)2-3-8-9/h2-3H,1H3. The predicted molar refractivity (Wildman–Crippen MR) is 34.2 cm³/mol. The van der Waals surface area contributed by atoms with Crippen LogP contribution in [0.15, 0.2) is 17.1 Å². The number of aryl methyl sites for hydroxylation is 1. The monoisotopic (exact) mass is 135 g/mol. The van der Waals surface area contributed by atoms with Crippen LogP contribution in [0.4, 0.5) is 0 Å². The van der Waals surface area contributed by atoms with Crippen LogP contribution in [-0.4, -0.2) is 9.78 Å². The molecule has 1 aromatic rings. The SMILES string of the molecule is Cn1nccc(C#N)c1=O. The maximum absolute atomic E-state index is 10.9. The minimum Gasteiger partial charge on any atom is -0.266 e. The van der Waals surface area contributed by atoms with Crippen LogP contribution >= 0.6 is 0 Å². The van der Waals surface area contributed by atoms with E-state index in [-0.39, 0.29) is 11.1 Å². The fraction of sp³-hybridized carbons (Fsp3) is 0.167. The van der Waals surface area contributed by atoms with Gasteiger partial charge in [-0.05, 0) is 6.07 Å². The molecule has 1 heterocycles. The van der Waals surface area contributed by atoms with E-state index in [2.05, 4.69) is 5.10 Å². The third-order valence-electron chi connectivity index (χ3n) is 1.13. The van der Waals surface area contributed by atoms with E-state index in [1.54, 1.807) is 6.07 Å². The summed E-state index contributed by atoms with van der Waals surface area (Å²) in [7, 11) is 1.50. The molecule has 1 rings (SSSR count). The van der Waals surface area contributed by atoms with Gasteiger partial charge in [0.2, 0.25) is 0 Å². The highest BCUT2D eigenvalue weighted by Gasteiger charge is 1.96. The third-order valence-corrected chi connectivity index (χ3v) is 1.13. The zero-order chi connectivity index (χ0) is 7.56. The summed E-state index contributed by atoms with van der Waals surface area (Å²) in [6.07, 6.45) is 1.42. The maximum atomic E-state index is 10.9. The quantitative estimate of drug-likeness (QED) is 0.488. The lowest BCUT2D eigenvalue weighted by molar-refractivity contribution is 0.704. The fourth-order valence-corrected chi connectivity index (χ4v) is 0.591. The second-order valence-corrected chi connectivity index (χ2v) is 1.79. The summed E-state index contributed by atoms with van der Waals surface area (Å²) in [5.41, 5.74) is -0.234. The van der Waals surface area contributed by atoms with Crippen molar-refractivity contribution in [3.63, 3.8) is 0 Å². The van der Waals surface area contributed by atoms with Gasteiger partial charge in [0, 0.05) is 13.2 Å². The van der Waals surface area contributed by atoms with Crippen molar-refractivity contribution in [2.75, 3.05) is 0 Å². The first kappa shape index (κ1) is 6.49.